The normalized spacial score (nSPS) is 19.9. The molecule has 0 unspecified atom stereocenters. The SMILES string of the molecule is Cl.O=C(O)c1ccc([C@H]2CCCCN2)cc1. The highest BCUT2D eigenvalue weighted by Gasteiger charge is 2.14. The summed E-state index contributed by atoms with van der Waals surface area (Å²) in [7, 11) is 0. The molecule has 2 N–H and O–H groups in total. The predicted octanol–water partition coefficient (Wildman–Crippen LogP) is 2.62. The number of carbonyl (C=O) groups is 1. The molecule has 88 valence electrons. The fraction of sp³-hybridized carbons (Fsp3) is 0.417. The average Bonchev–Trinajstić information content (AvgIpc) is 2.30. The molecular formula is C12H16ClNO2. The molecule has 3 nitrogen and oxygen atoms in total. The number of hydrogen-bond acceptors (Lipinski definition) is 2. The molecule has 1 aliphatic rings. The molecule has 1 aromatic rings. The summed E-state index contributed by atoms with van der Waals surface area (Å²) in [6, 6.07) is 7.57. The number of halogens is 1. The van der Waals surface area contributed by atoms with Crippen molar-refractivity contribution in [2.75, 3.05) is 6.54 Å². The second-order valence-corrected chi connectivity index (χ2v) is 3.93. The summed E-state index contributed by atoms with van der Waals surface area (Å²) in [5.74, 6) is -0.863. The summed E-state index contributed by atoms with van der Waals surface area (Å²) in [5, 5.41) is 12.2. The van der Waals surface area contributed by atoms with Crippen molar-refractivity contribution in [3.63, 3.8) is 0 Å². The van der Waals surface area contributed by atoms with E-state index in [0.717, 1.165) is 13.0 Å². The Labute approximate surface area is 101 Å². The Balaban J connectivity index is 0.00000128. The summed E-state index contributed by atoms with van der Waals surface area (Å²) >= 11 is 0. The second-order valence-electron chi connectivity index (χ2n) is 3.93. The molecule has 0 radical (unpaired) electrons. The van der Waals surface area contributed by atoms with Crippen LogP contribution in [0.4, 0.5) is 0 Å². The van der Waals surface area contributed by atoms with Crippen molar-refractivity contribution in [1.82, 2.24) is 5.32 Å². The maximum Gasteiger partial charge on any atom is 0.335 e. The number of piperidine rings is 1. The minimum atomic E-state index is -0.863. The van der Waals surface area contributed by atoms with Crippen LogP contribution in [0.1, 0.15) is 41.2 Å². The summed E-state index contributed by atoms with van der Waals surface area (Å²) in [4.78, 5) is 10.7. The lowest BCUT2D eigenvalue weighted by Crippen LogP contribution is -2.26. The van der Waals surface area contributed by atoms with Crippen LogP contribution in [0, 0.1) is 0 Å². The lowest BCUT2D eigenvalue weighted by atomic mass is 9.97. The zero-order valence-electron chi connectivity index (χ0n) is 8.98. The van der Waals surface area contributed by atoms with Gasteiger partial charge in [-0.05, 0) is 37.1 Å². The summed E-state index contributed by atoms with van der Waals surface area (Å²) in [6.07, 6.45) is 3.63. The molecule has 0 bridgehead atoms. The van der Waals surface area contributed by atoms with Crippen LogP contribution in [0.15, 0.2) is 24.3 Å². The van der Waals surface area contributed by atoms with Crippen LogP contribution in [-0.4, -0.2) is 17.6 Å². The van der Waals surface area contributed by atoms with Crippen molar-refractivity contribution in [2.24, 2.45) is 0 Å². The molecule has 1 aliphatic heterocycles. The maximum absolute atomic E-state index is 10.7. The van der Waals surface area contributed by atoms with Gasteiger partial charge < -0.3 is 10.4 Å². The smallest absolute Gasteiger partial charge is 0.335 e. The van der Waals surface area contributed by atoms with Crippen molar-refractivity contribution in [3.8, 4) is 0 Å². The van der Waals surface area contributed by atoms with Gasteiger partial charge in [0.1, 0.15) is 0 Å². The van der Waals surface area contributed by atoms with Crippen molar-refractivity contribution in [2.45, 2.75) is 25.3 Å². The summed E-state index contributed by atoms with van der Waals surface area (Å²) in [5.41, 5.74) is 1.55. The second kappa shape index (κ2) is 5.87. The quantitative estimate of drug-likeness (QED) is 0.837. The van der Waals surface area contributed by atoms with Crippen molar-refractivity contribution in [1.29, 1.82) is 0 Å². The molecular weight excluding hydrogens is 226 g/mol. The molecule has 1 aromatic carbocycles. The Morgan fingerprint density at radius 3 is 2.44 bits per heavy atom. The molecule has 1 heterocycles. The van der Waals surface area contributed by atoms with Crippen LogP contribution in [0.3, 0.4) is 0 Å². The van der Waals surface area contributed by atoms with Crippen molar-refractivity contribution in [3.05, 3.63) is 35.4 Å². The lowest BCUT2D eigenvalue weighted by molar-refractivity contribution is 0.0697. The molecule has 1 atom stereocenters. The molecule has 0 aromatic heterocycles. The van der Waals surface area contributed by atoms with E-state index in [4.69, 9.17) is 5.11 Å². The van der Waals surface area contributed by atoms with Gasteiger partial charge in [-0.25, -0.2) is 4.79 Å². The van der Waals surface area contributed by atoms with Gasteiger partial charge in [0.2, 0.25) is 0 Å². The highest BCUT2D eigenvalue weighted by Crippen LogP contribution is 2.22. The number of hydrogen-bond donors (Lipinski definition) is 2. The largest absolute Gasteiger partial charge is 0.478 e. The van der Waals surface area contributed by atoms with E-state index in [1.54, 1.807) is 12.1 Å². The Bertz CT molecular complexity index is 345. The third-order valence-electron chi connectivity index (χ3n) is 2.87. The molecule has 1 saturated heterocycles. The molecule has 1 fully saturated rings. The third kappa shape index (κ3) is 2.97. The van der Waals surface area contributed by atoms with Crippen LogP contribution >= 0.6 is 12.4 Å². The highest BCUT2D eigenvalue weighted by atomic mass is 35.5. The zero-order chi connectivity index (χ0) is 10.7. The highest BCUT2D eigenvalue weighted by molar-refractivity contribution is 5.87. The number of aromatic carboxylic acids is 1. The van der Waals surface area contributed by atoms with Crippen LogP contribution < -0.4 is 5.32 Å². The number of carboxylic acid groups (broad SMARTS) is 1. The fourth-order valence-electron chi connectivity index (χ4n) is 1.99. The fourth-order valence-corrected chi connectivity index (χ4v) is 1.99. The molecule has 0 aliphatic carbocycles. The Kier molecular flexibility index (Phi) is 4.77. The first-order valence-corrected chi connectivity index (χ1v) is 5.34. The maximum atomic E-state index is 10.7. The number of nitrogens with one attached hydrogen (secondary N) is 1. The molecule has 4 heteroatoms. The third-order valence-corrected chi connectivity index (χ3v) is 2.87. The van der Waals surface area contributed by atoms with E-state index in [0.29, 0.717) is 11.6 Å². The van der Waals surface area contributed by atoms with E-state index in [1.165, 1.54) is 18.4 Å². The minimum Gasteiger partial charge on any atom is -0.478 e. The van der Waals surface area contributed by atoms with Crippen LogP contribution in [0.5, 0.6) is 0 Å². The lowest BCUT2D eigenvalue weighted by Gasteiger charge is -2.23. The van der Waals surface area contributed by atoms with Gasteiger partial charge in [0.25, 0.3) is 0 Å². The van der Waals surface area contributed by atoms with E-state index >= 15 is 0 Å². The standard InChI is InChI=1S/C12H15NO2.ClH/c14-12(15)10-6-4-9(5-7-10)11-3-1-2-8-13-11;/h4-7,11,13H,1-3,8H2,(H,14,15);1H/t11-;/m1./s1. The van der Waals surface area contributed by atoms with Crippen LogP contribution in [-0.2, 0) is 0 Å². The Hall–Kier alpha value is -1.06. The zero-order valence-corrected chi connectivity index (χ0v) is 9.80. The van der Waals surface area contributed by atoms with Gasteiger partial charge in [-0.3, -0.25) is 0 Å². The van der Waals surface area contributed by atoms with E-state index in [1.807, 2.05) is 12.1 Å². The predicted molar refractivity (Wildman–Crippen MR) is 65.2 cm³/mol. The van der Waals surface area contributed by atoms with Crippen LogP contribution in [0.25, 0.3) is 0 Å². The van der Waals surface area contributed by atoms with Gasteiger partial charge in [-0.1, -0.05) is 18.6 Å². The van der Waals surface area contributed by atoms with Crippen molar-refractivity contribution >= 4 is 18.4 Å². The molecule has 0 saturated carbocycles. The van der Waals surface area contributed by atoms with Gasteiger partial charge in [0, 0.05) is 6.04 Å². The number of rotatable bonds is 2. The van der Waals surface area contributed by atoms with Gasteiger partial charge in [0.05, 0.1) is 5.56 Å². The summed E-state index contributed by atoms with van der Waals surface area (Å²) < 4.78 is 0. The Morgan fingerprint density at radius 2 is 1.94 bits per heavy atom. The van der Waals surface area contributed by atoms with Gasteiger partial charge in [-0.2, -0.15) is 0 Å². The van der Waals surface area contributed by atoms with Gasteiger partial charge in [-0.15, -0.1) is 12.4 Å². The first-order valence-electron chi connectivity index (χ1n) is 5.34. The first kappa shape index (κ1) is 13.0. The Morgan fingerprint density at radius 1 is 1.25 bits per heavy atom. The first-order chi connectivity index (χ1) is 7.27. The van der Waals surface area contributed by atoms with E-state index in [9.17, 15) is 4.79 Å². The topological polar surface area (TPSA) is 49.3 Å². The minimum absolute atomic E-state index is 0. The monoisotopic (exact) mass is 241 g/mol. The van der Waals surface area contributed by atoms with Crippen molar-refractivity contribution < 1.29 is 9.90 Å². The van der Waals surface area contributed by atoms with E-state index < -0.39 is 5.97 Å². The van der Waals surface area contributed by atoms with Gasteiger partial charge >= 0.3 is 5.97 Å². The van der Waals surface area contributed by atoms with E-state index in [-0.39, 0.29) is 12.4 Å². The molecule has 2 rings (SSSR count). The molecule has 0 amide bonds. The number of carboxylic acids is 1. The molecule has 0 spiro atoms. The molecule has 16 heavy (non-hydrogen) atoms. The average molecular weight is 242 g/mol. The van der Waals surface area contributed by atoms with Gasteiger partial charge in [0.15, 0.2) is 0 Å². The summed E-state index contributed by atoms with van der Waals surface area (Å²) in [6.45, 7) is 1.06. The number of benzene rings is 1. The van der Waals surface area contributed by atoms with E-state index in [2.05, 4.69) is 5.32 Å². The van der Waals surface area contributed by atoms with Crippen LogP contribution in [0.2, 0.25) is 0 Å².